The quantitative estimate of drug-likeness (QED) is 0.548. The number of carbonyl (C=O) groups excluding carboxylic acids is 2. The Balaban J connectivity index is 1.72. The summed E-state index contributed by atoms with van der Waals surface area (Å²) in [6.45, 7) is 0. The lowest BCUT2D eigenvalue weighted by molar-refractivity contribution is 0.0602. The summed E-state index contributed by atoms with van der Waals surface area (Å²) in [5, 5.41) is 3.91. The van der Waals surface area contributed by atoms with Gasteiger partial charge >= 0.3 is 5.97 Å². The van der Waals surface area contributed by atoms with Gasteiger partial charge in [0.25, 0.3) is 5.91 Å². The van der Waals surface area contributed by atoms with Gasteiger partial charge in [-0.05, 0) is 36.0 Å². The van der Waals surface area contributed by atoms with Gasteiger partial charge in [-0.15, -0.1) is 0 Å². The normalized spacial score (nSPS) is 10.2. The molecule has 3 rings (SSSR count). The average Bonchev–Trinajstić information content (AvgIpc) is 2.69. The van der Waals surface area contributed by atoms with Gasteiger partial charge < -0.3 is 10.1 Å². The number of rotatable bonds is 5. The van der Waals surface area contributed by atoms with Crippen LogP contribution < -0.4 is 5.32 Å². The summed E-state index contributed by atoms with van der Waals surface area (Å²) in [6, 6.07) is 12.1. The summed E-state index contributed by atoms with van der Waals surface area (Å²) in [6.07, 6.45) is 4.53. The number of para-hydroxylation sites is 1. The van der Waals surface area contributed by atoms with Gasteiger partial charge in [0.05, 0.1) is 23.9 Å². The zero-order valence-corrected chi connectivity index (χ0v) is 14.6. The van der Waals surface area contributed by atoms with Gasteiger partial charge in [0, 0.05) is 18.6 Å². The van der Waals surface area contributed by atoms with Crippen molar-refractivity contribution in [3.63, 3.8) is 0 Å². The minimum Gasteiger partial charge on any atom is -0.465 e. The second-order valence-electron chi connectivity index (χ2n) is 5.02. The highest BCUT2D eigenvalue weighted by molar-refractivity contribution is 7.99. The number of pyridine rings is 1. The molecule has 0 spiro atoms. The molecule has 0 aliphatic heterocycles. The van der Waals surface area contributed by atoms with Crippen LogP contribution in [0.25, 0.3) is 0 Å². The molecule has 0 aliphatic rings. The molecule has 8 heteroatoms. The molecule has 0 unspecified atom stereocenters. The van der Waals surface area contributed by atoms with Gasteiger partial charge in [-0.3, -0.25) is 4.79 Å². The molecule has 0 saturated carbocycles. The molecule has 1 aromatic carbocycles. The molecule has 1 N–H and O–H groups in total. The third-order valence-corrected chi connectivity index (χ3v) is 4.15. The van der Waals surface area contributed by atoms with E-state index in [9.17, 15) is 9.59 Å². The Hall–Kier alpha value is -3.26. The molecule has 3 aromatic rings. The molecule has 2 heterocycles. The highest BCUT2D eigenvalue weighted by Gasteiger charge is 2.15. The van der Waals surface area contributed by atoms with Crippen molar-refractivity contribution in [2.75, 3.05) is 12.4 Å². The number of nitrogens with zero attached hydrogens (tertiary/aromatic N) is 3. The zero-order valence-electron chi connectivity index (χ0n) is 13.7. The van der Waals surface area contributed by atoms with E-state index in [-0.39, 0.29) is 11.1 Å². The Labute approximate surface area is 153 Å². The van der Waals surface area contributed by atoms with Crippen LogP contribution in [0.4, 0.5) is 5.69 Å². The van der Waals surface area contributed by atoms with Crippen molar-refractivity contribution < 1.29 is 14.3 Å². The number of amides is 1. The van der Waals surface area contributed by atoms with Gasteiger partial charge in [-0.2, -0.15) is 0 Å². The van der Waals surface area contributed by atoms with E-state index >= 15 is 0 Å². The van der Waals surface area contributed by atoms with Crippen LogP contribution in [0.5, 0.6) is 0 Å². The van der Waals surface area contributed by atoms with Gasteiger partial charge in [-0.1, -0.05) is 18.2 Å². The van der Waals surface area contributed by atoms with Crippen molar-refractivity contribution in [2.45, 2.75) is 10.2 Å². The molecule has 2 aromatic heterocycles. The number of nitrogens with one attached hydrogen (secondary N) is 1. The fraction of sp³-hybridized carbons (Fsp3) is 0.0556. The number of carbonyl (C=O) groups is 2. The monoisotopic (exact) mass is 366 g/mol. The first kappa shape index (κ1) is 17.6. The molecule has 0 saturated heterocycles. The first-order chi connectivity index (χ1) is 12.7. The highest BCUT2D eigenvalue weighted by Crippen LogP contribution is 2.22. The number of hydrogen-bond acceptors (Lipinski definition) is 7. The standard InChI is InChI=1S/C18H14N4O3S/c1-25-17(24)13-6-2-3-7-14(13)22-16(23)12-10-20-18(21-11-12)26-15-8-4-5-9-19-15/h2-11H,1H3,(H,22,23). The predicted molar refractivity (Wildman–Crippen MR) is 96.1 cm³/mol. The summed E-state index contributed by atoms with van der Waals surface area (Å²) < 4.78 is 4.71. The lowest BCUT2D eigenvalue weighted by Gasteiger charge is -2.09. The third kappa shape index (κ3) is 4.22. The molecular formula is C18H14N4O3S. The van der Waals surface area contributed by atoms with Crippen LogP contribution in [-0.4, -0.2) is 33.9 Å². The van der Waals surface area contributed by atoms with E-state index in [4.69, 9.17) is 4.74 Å². The Morgan fingerprint density at radius 1 is 1.00 bits per heavy atom. The second kappa shape index (κ2) is 8.21. The maximum absolute atomic E-state index is 12.4. The number of benzene rings is 1. The van der Waals surface area contributed by atoms with Crippen molar-refractivity contribution in [1.82, 2.24) is 15.0 Å². The van der Waals surface area contributed by atoms with Crippen LogP contribution in [0, 0.1) is 0 Å². The van der Waals surface area contributed by atoms with Crippen LogP contribution in [0.3, 0.4) is 0 Å². The van der Waals surface area contributed by atoms with Crippen molar-refractivity contribution in [1.29, 1.82) is 0 Å². The van der Waals surface area contributed by atoms with Crippen molar-refractivity contribution in [3.05, 3.63) is 72.2 Å². The first-order valence-corrected chi connectivity index (χ1v) is 8.38. The molecule has 0 atom stereocenters. The summed E-state index contributed by atoms with van der Waals surface area (Å²) in [4.78, 5) is 36.7. The van der Waals surface area contributed by atoms with E-state index in [0.717, 1.165) is 5.03 Å². The van der Waals surface area contributed by atoms with Gasteiger partial charge in [-0.25, -0.2) is 19.7 Å². The lowest BCUT2D eigenvalue weighted by atomic mass is 10.1. The smallest absolute Gasteiger partial charge is 0.339 e. The lowest BCUT2D eigenvalue weighted by Crippen LogP contribution is -2.16. The minimum absolute atomic E-state index is 0.270. The second-order valence-corrected chi connectivity index (χ2v) is 6.00. The Bertz CT molecular complexity index is 917. The molecule has 0 bridgehead atoms. The highest BCUT2D eigenvalue weighted by atomic mass is 32.2. The van der Waals surface area contributed by atoms with E-state index in [1.807, 2.05) is 18.2 Å². The van der Waals surface area contributed by atoms with Crippen LogP contribution in [0.15, 0.2) is 71.2 Å². The van der Waals surface area contributed by atoms with E-state index < -0.39 is 11.9 Å². The van der Waals surface area contributed by atoms with Crippen molar-refractivity contribution in [2.24, 2.45) is 0 Å². The Morgan fingerprint density at radius 3 is 2.42 bits per heavy atom. The number of ether oxygens (including phenoxy) is 1. The molecule has 26 heavy (non-hydrogen) atoms. The van der Waals surface area contributed by atoms with Crippen molar-refractivity contribution in [3.8, 4) is 0 Å². The minimum atomic E-state index is -0.528. The van der Waals surface area contributed by atoms with Crippen molar-refractivity contribution >= 4 is 29.3 Å². The average molecular weight is 366 g/mol. The van der Waals surface area contributed by atoms with E-state index in [1.54, 1.807) is 30.5 Å². The molecular weight excluding hydrogens is 352 g/mol. The number of hydrogen-bond donors (Lipinski definition) is 1. The largest absolute Gasteiger partial charge is 0.465 e. The summed E-state index contributed by atoms with van der Waals surface area (Å²) in [5.74, 6) is -0.949. The van der Waals surface area contributed by atoms with E-state index in [0.29, 0.717) is 10.8 Å². The topological polar surface area (TPSA) is 94.1 Å². The third-order valence-electron chi connectivity index (χ3n) is 3.30. The van der Waals surface area contributed by atoms with Crippen LogP contribution in [0.1, 0.15) is 20.7 Å². The maximum Gasteiger partial charge on any atom is 0.339 e. The SMILES string of the molecule is COC(=O)c1ccccc1NC(=O)c1cnc(Sc2ccccn2)nc1. The fourth-order valence-electron chi connectivity index (χ4n) is 2.06. The zero-order chi connectivity index (χ0) is 18.4. The van der Waals surface area contributed by atoms with Crippen LogP contribution in [-0.2, 0) is 4.74 Å². The molecule has 130 valence electrons. The van der Waals surface area contributed by atoms with Crippen LogP contribution in [0.2, 0.25) is 0 Å². The molecule has 1 amide bonds. The molecule has 0 aliphatic carbocycles. The number of anilines is 1. The van der Waals surface area contributed by atoms with Gasteiger partial charge in [0.15, 0.2) is 5.16 Å². The summed E-state index contributed by atoms with van der Waals surface area (Å²) in [7, 11) is 1.28. The Morgan fingerprint density at radius 2 is 1.73 bits per heavy atom. The first-order valence-electron chi connectivity index (χ1n) is 7.57. The maximum atomic E-state index is 12.4. The Kier molecular flexibility index (Phi) is 5.55. The number of methoxy groups -OCH3 is 1. The van der Waals surface area contributed by atoms with E-state index in [2.05, 4.69) is 20.3 Å². The fourth-order valence-corrected chi connectivity index (χ4v) is 2.72. The predicted octanol–water partition coefficient (Wildman–Crippen LogP) is 3.06. The summed E-state index contributed by atoms with van der Waals surface area (Å²) >= 11 is 1.30. The summed E-state index contributed by atoms with van der Waals surface area (Å²) in [5.41, 5.74) is 0.901. The van der Waals surface area contributed by atoms with E-state index in [1.165, 1.54) is 31.3 Å². The molecule has 0 fully saturated rings. The molecule has 7 nitrogen and oxygen atoms in total. The number of esters is 1. The van der Waals surface area contributed by atoms with Gasteiger partial charge in [0.2, 0.25) is 0 Å². The number of aromatic nitrogens is 3. The van der Waals surface area contributed by atoms with Crippen LogP contribution >= 0.6 is 11.8 Å². The molecule has 0 radical (unpaired) electrons. The van der Waals surface area contributed by atoms with Gasteiger partial charge in [0.1, 0.15) is 5.03 Å².